The van der Waals surface area contributed by atoms with Crippen LogP contribution in [0.25, 0.3) is 0 Å². The van der Waals surface area contributed by atoms with E-state index in [0.29, 0.717) is 23.4 Å². The van der Waals surface area contributed by atoms with Gasteiger partial charge in [0, 0.05) is 18.2 Å². The maximum atomic E-state index is 13.1. The van der Waals surface area contributed by atoms with Crippen molar-refractivity contribution in [2.75, 3.05) is 13.1 Å². The fourth-order valence-corrected chi connectivity index (χ4v) is 4.88. The highest BCUT2D eigenvalue weighted by Gasteiger charge is 2.39. The number of rotatable bonds is 3. The van der Waals surface area contributed by atoms with Gasteiger partial charge in [0.25, 0.3) is 5.91 Å². The van der Waals surface area contributed by atoms with Crippen LogP contribution in [0, 0.1) is 11.8 Å². The van der Waals surface area contributed by atoms with Crippen molar-refractivity contribution < 1.29 is 14.4 Å². The molecule has 3 fully saturated rings. The normalized spacial score (nSPS) is 28.1. The molecule has 4 amide bonds. The minimum Gasteiger partial charge on any atom is -0.335 e. The number of hydrogen-bond acceptors (Lipinski definition) is 3. The van der Waals surface area contributed by atoms with E-state index in [9.17, 15) is 14.4 Å². The number of imide groups is 1. The molecule has 3 aliphatic rings. The molecule has 1 N–H and O–H groups in total. The molecule has 0 spiro atoms. The summed E-state index contributed by atoms with van der Waals surface area (Å²) in [5, 5.41) is 2.52. The number of fused-ring (bicyclic) bond motifs is 1. The molecule has 1 aromatic rings. The molecule has 0 radical (unpaired) electrons. The molecule has 1 aromatic carbocycles. The molecular formula is C21H27N3O3. The van der Waals surface area contributed by atoms with Crippen molar-refractivity contribution in [2.24, 2.45) is 11.8 Å². The van der Waals surface area contributed by atoms with Crippen LogP contribution in [-0.2, 0) is 11.3 Å². The van der Waals surface area contributed by atoms with Crippen LogP contribution in [0.4, 0.5) is 4.79 Å². The molecular weight excluding hydrogens is 342 g/mol. The minimum absolute atomic E-state index is 0.0609. The van der Waals surface area contributed by atoms with Crippen molar-refractivity contribution in [2.45, 2.75) is 51.6 Å². The first-order valence-electron chi connectivity index (χ1n) is 10.0. The monoisotopic (exact) mass is 369 g/mol. The van der Waals surface area contributed by atoms with Gasteiger partial charge in [-0.3, -0.25) is 14.5 Å². The second-order valence-corrected chi connectivity index (χ2v) is 8.12. The number of carbonyl (C=O) groups is 3. The molecule has 2 aliphatic heterocycles. The summed E-state index contributed by atoms with van der Waals surface area (Å²) in [5.41, 5.74) is 1.54. The first-order valence-corrected chi connectivity index (χ1v) is 10.0. The Balaban J connectivity index is 1.46. The van der Waals surface area contributed by atoms with Gasteiger partial charge >= 0.3 is 6.03 Å². The summed E-state index contributed by atoms with van der Waals surface area (Å²) >= 11 is 0. The standard InChI is InChI=1S/C21H27N3O3/c1-14-10-11-23(18-5-3-2-4-17(14)18)20(26)16-8-6-15(7-9-16)13-24-19(25)12-22-21(24)27/h6-9,14,17-18H,2-5,10-13H2,1H3,(H,22,27)/t14-,17-,18+/m1/s1. The molecule has 2 heterocycles. The highest BCUT2D eigenvalue weighted by atomic mass is 16.2. The van der Waals surface area contributed by atoms with E-state index in [4.69, 9.17) is 0 Å². The molecule has 1 aliphatic carbocycles. The lowest BCUT2D eigenvalue weighted by Gasteiger charge is -2.47. The Hall–Kier alpha value is -2.37. The lowest BCUT2D eigenvalue weighted by Crippen LogP contribution is -2.52. The summed E-state index contributed by atoms with van der Waals surface area (Å²) in [6, 6.07) is 7.36. The first kappa shape index (κ1) is 18.0. The van der Waals surface area contributed by atoms with Crippen LogP contribution in [-0.4, -0.2) is 46.8 Å². The summed E-state index contributed by atoms with van der Waals surface area (Å²) in [6.45, 7) is 3.47. The number of amides is 4. The molecule has 0 aromatic heterocycles. The summed E-state index contributed by atoms with van der Waals surface area (Å²) in [5.74, 6) is 1.23. The summed E-state index contributed by atoms with van der Waals surface area (Å²) in [4.78, 5) is 39.8. The van der Waals surface area contributed by atoms with Gasteiger partial charge in [-0.25, -0.2) is 4.79 Å². The lowest BCUT2D eigenvalue weighted by atomic mass is 9.72. The molecule has 6 heteroatoms. The van der Waals surface area contributed by atoms with Crippen molar-refractivity contribution >= 4 is 17.8 Å². The van der Waals surface area contributed by atoms with Gasteiger partial charge in [0.2, 0.25) is 5.91 Å². The van der Waals surface area contributed by atoms with E-state index in [-0.39, 0.29) is 30.9 Å². The maximum absolute atomic E-state index is 13.1. The quantitative estimate of drug-likeness (QED) is 0.833. The Morgan fingerprint density at radius 1 is 1.11 bits per heavy atom. The molecule has 144 valence electrons. The van der Waals surface area contributed by atoms with Gasteiger partial charge in [0.05, 0.1) is 13.1 Å². The van der Waals surface area contributed by atoms with E-state index in [0.717, 1.165) is 24.9 Å². The SMILES string of the molecule is C[C@@H]1CCN(C(=O)c2ccc(CN3C(=O)CNC3=O)cc2)[C@H]2CCCC[C@H]12. The van der Waals surface area contributed by atoms with Crippen LogP contribution in [0.15, 0.2) is 24.3 Å². The molecule has 0 unspecified atom stereocenters. The highest BCUT2D eigenvalue weighted by Crippen LogP contribution is 2.39. The van der Waals surface area contributed by atoms with Gasteiger partial charge in [-0.05, 0) is 48.8 Å². The predicted molar refractivity (Wildman–Crippen MR) is 101 cm³/mol. The zero-order chi connectivity index (χ0) is 19.0. The number of carbonyl (C=O) groups excluding carboxylic acids is 3. The smallest absolute Gasteiger partial charge is 0.324 e. The topological polar surface area (TPSA) is 69.7 Å². The molecule has 4 rings (SSSR count). The molecule has 2 saturated heterocycles. The van der Waals surface area contributed by atoms with Crippen molar-refractivity contribution in [3.8, 4) is 0 Å². The fourth-order valence-electron chi connectivity index (χ4n) is 4.88. The third-order valence-electron chi connectivity index (χ3n) is 6.48. The number of piperidine rings is 1. The Kier molecular flexibility index (Phi) is 4.89. The average molecular weight is 369 g/mol. The summed E-state index contributed by atoms with van der Waals surface area (Å²) < 4.78 is 0. The molecule has 27 heavy (non-hydrogen) atoms. The van der Waals surface area contributed by atoms with Gasteiger partial charge in [-0.1, -0.05) is 31.9 Å². The molecule has 6 nitrogen and oxygen atoms in total. The number of nitrogens with zero attached hydrogens (tertiary/aromatic N) is 2. The Morgan fingerprint density at radius 3 is 2.56 bits per heavy atom. The van der Waals surface area contributed by atoms with Gasteiger partial charge in [-0.2, -0.15) is 0 Å². The predicted octanol–water partition coefficient (Wildman–Crippen LogP) is 2.78. The van der Waals surface area contributed by atoms with Gasteiger partial charge < -0.3 is 10.2 Å². The van der Waals surface area contributed by atoms with E-state index >= 15 is 0 Å². The Morgan fingerprint density at radius 2 is 1.85 bits per heavy atom. The average Bonchev–Trinajstić information content (AvgIpc) is 3.01. The van der Waals surface area contributed by atoms with Crippen LogP contribution < -0.4 is 5.32 Å². The second kappa shape index (κ2) is 7.33. The zero-order valence-electron chi connectivity index (χ0n) is 15.8. The second-order valence-electron chi connectivity index (χ2n) is 8.12. The van der Waals surface area contributed by atoms with Gasteiger partial charge in [-0.15, -0.1) is 0 Å². The third-order valence-corrected chi connectivity index (χ3v) is 6.48. The van der Waals surface area contributed by atoms with Crippen LogP contribution >= 0.6 is 0 Å². The highest BCUT2D eigenvalue weighted by molar-refractivity contribution is 6.01. The van der Waals surface area contributed by atoms with E-state index in [1.807, 2.05) is 24.3 Å². The summed E-state index contributed by atoms with van der Waals surface area (Å²) in [7, 11) is 0. The number of hydrogen-bond donors (Lipinski definition) is 1. The maximum Gasteiger partial charge on any atom is 0.324 e. The minimum atomic E-state index is -0.356. The zero-order valence-corrected chi connectivity index (χ0v) is 15.8. The van der Waals surface area contributed by atoms with Crippen molar-refractivity contribution in [1.82, 2.24) is 15.1 Å². The van der Waals surface area contributed by atoms with Crippen molar-refractivity contribution in [1.29, 1.82) is 0 Å². The van der Waals surface area contributed by atoms with Crippen LogP contribution in [0.2, 0.25) is 0 Å². The number of likely N-dealkylation sites (tertiary alicyclic amines) is 1. The van der Waals surface area contributed by atoms with Crippen LogP contribution in [0.5, 0.6) is 0 Å². The van der Waals surface area contributed by atoms with Gasteiger partial charge in [0.15, 0.2) is 0 Å². The number of benzene rings is 1. The number of urea groups is 1. The van der Waals surface area contributed by atoms with Crippen molar-refractivity contribution in [3.63, 3.8) is 0 Å². The largest absolute Gasteiger partial charge is 0.335 e. The Bertz CT molecular complexity index is 730. The van der Waals surface area contributed by atoms with Crippen LogP contribution in [0.3, 0.4) is 0 Å². The summed E-state index contributed by atoms with van der Waals surface area (Å²) in [6.07, 6.45) is 5.93. The lowest BCUT2D eigenvalue weighted by molar-refractivity contribution is -0.125. The number of nitrogens with one attached hydrogen (secondary N) is 1. The van der Waals surface area contributed by atoms with Crippen molar-refractivity contribution in [3.05, 3.63) is 35.4 Å². The Labute approximate surface area is 159 Å². The van der Waals surface area contributed by atoms with E-state index in [1.54, 1.807) is 0 Å². The fraction of sp³-hybridized carbons (Fsp3) is 0.571. The third kappa shape index (κ3) is 3.45. The first-order chi connectivity index (χ1) is 13.0. The van der Waals surface area contributed by atoms with Gasteiger partial charge in [0.1, 0.15) is 0 Å². The van der Waals surface area contributed by atoms with E-state index in [1.165, 1.54) is 24.2 Å². The molecule has 0 bridgehead atoms. The molecule has 1 saturated carbocycles. The van der Waals surface area contributed by atoms with E-state index in [2.05, 4.69) is 17.1 Å². The van der Waals surface area contributed by atoms with Crippen LogP contribution in [0.1, 0.15) is 54.9 Å². The van der Waals surface area contributed by atoms with E-state index < -0.39 is 0 Å². The molecule has 3 atom stereocenters.